The Hall–Kier alpha value is -1.86. The number of hydrogen-bond donors (Lipinski definition) is 3. The first-order chi connectivity index (χ1) is 9.97. The Morgan fingerprint density at radius 1 is 1.33 bits per heavy atom. The number of hydrogen-bond acceptors (Lipinski definition) is 4. The lowest BCUT2D eigenvalue weighted by molar-refractivity contribution is 0.597. The van der Waals surface area contributed by atoms with E-state index in [0.717, 1.165) is 5.56 Å². The molecule has 114 valence electrons. The lowest BCUT2D eigenvalue weighted by Crippen LogP contribution is -2.18. The number of aryl methyl sites for hydroxylation is 1. The summed E-state index contributed by atoms with van der Waals surface area (Å²) in [5.74, 6) is 0.646. The van der Waals surface area contributed by atoms with Crippen molar-refractivity contribution in [1.29, 1.82) is 0 Å². The third-order valence-corrected chi connectivity index (χ3v) is 4.61. The quantitative estimate of drug-likeness (QED) is 0.762. The molecule has 1 atom stereocenters. The lowest BCUT2D eigenvalue weighted by Gasteiger charge is -2.16. The van der Waals surface area contributed by atoms with Crippen molar-refractivity contribution in [1.82, 2.24) is 15.3 Å². The Balaban J connectivity index is 2.33. The number of anilines is 1. The van der Waals surface area contributed by atoms with Gasteiger partial charge in [0.25, 0.3) is 10.0 Å². The first-order valence-electron chi connectivity index (χ1n) is 6.80. The van der Waals surface area contributed by atoms with E-state index in [1.165, 1.54) is 6.20 Å². The molecule has 1 aromatic carbocycles. The van der Waals surface area contributed by atoms with E-state index in [-0.39, 0.29) is 11.1 Å². The smallest absolute Gasteiger partial charge is 0.278 e. The van der Waals surface area contributed by atoms with E-state index in [0.29, 0.717) is 17.9 Å². The second kappa shape index (κ2) is 6.28. The van der Waals surface area contributed by atoms with Crippen molar-refractivity contribution < 1.29 is 8.42 Å². The van der Waals surface area contributed by atoms with Gasteiger partial charge in [-0.25, -0.2) is 4.98 Å². The molecule has 2 rings (SSSR count). The third kappa shape index (κ3) is 3.43. The second-order valence-electron chi connectivity index (χ2n) is 4.75. The lowest BCUT2D eigenvalue weighted by atomic mass is 10.1. The molecule has 0 aliphatic rings. The van der Waals surface area contributed by atoms with Crippen LogP contribution in [0.5, 0.6) is 0 Å². The monoisotopic (exact) mass is 308 g/mol. The van der Waals surface area contributed by atoms with Gasteiger partial charge in [0.15, 0.2) is 5.03 Å². The number of nitrogens with zero attached hydrogens (tertiary/aromatic N) is 1. The summed E-state index contributed by atoms with van der Waals surface area (Å²) < 4.78 is 27.4. The van der Waals surface area contributed by atoms with Crippen molar-refractivity contribution in [3.8, 4) is 0 Å². The van der Waals surface area contributed by atoms with Gasteiger partial charge < -0.3 is 10.3 Å². The standard InChI is InChI=1S/C14H20N4O2S/c1-4-13-16-9-14(17-13)21(19,20)18-12-8-6-5-7-11(12)10(2)15-3/h5-10,15,18H,4H2,1-3H3,(H,16,17). The van der Waals surface area contributed by atoms with Gasteiger partial charge in [0, 0.05) is 12.5 Å². The van der Waals surface area contributed by atoms with Crippen LogP contribution in [0.25, 0.3) is 0 Å². The Morgan fingerprint density at radius 2 is 2.05 bits per heavy atom. The van der Waals surface area contributed by atoms with Crippen LogP contribution in [-0.4, -0.2) is 25.4 Å². The second-order valence-corrected chi connectivity index (χ2v) is 6.40. The summed E-state index contributed by atoms with van der Waals surface area (Å²) in [4.78, 5) is 6.84. The molecule has 1 unspecified atom stereocenters. The van der Waals surface area contributed by atoms with Crippen LogP contribution >= 0.6 is 0 Å². The molecule has 0 spiro atoms. The normalized spacial score (nSPS) is 13.1. The highest BCUT2D eigenvalue weighted by atomic mass is 32.2. The molecule has 21 heavy (non-hydrogen) atoms. The van der Waals surface area contributed by atoms with E-state index in [2.05, 4.69) is 20.0 Å². The summed E-state index contributed by atoms with van der Waals surface area (Å²) in [5, 5.41) is 3.18. The molecule has 0 fully saturated rings. The van der Waals surface area contributed by atoms with Crippen LogP contribution in [0.2, 0.25) is 0 Å². The summed E-state index contributed by atoms with van der Waals surface area (Å²) in [6.07, 6.45) is 1.99. The van der Waals surface area contributed by atoms with Crippen LogP contribution in [0.1, 0.15) is 31.3 Å². The van der Waals surface area contributed by atoms with Crippen LogP contribution in [0, 0.1) is 0 Å². The number of benzene rings is 1. The first-order valence-corrected chi connectivity index (χ1v) is 8.29. The van der Waals surface area contributed by atoms with Crippen LogP contribution in [-0.2, 0) is 16.4 Å². The Kier molecular flexibility index (Phi) is 4.64. The van der Waals surface area contributed by atoms with Gasteiger partial charge in [0.2, 0.25) is 0 Å². The minimum atomic E-state index is -3.66. The molecule has 1 heterocycles. The van der Waals surface area contributed by atoms with E-state index < -0.39 is 10.0 Å². The fourth-order valence-electron chi connectivity index (χ4n) is 1.98. The average molecular weight is 308 g/mol. The fourth-order valence-corrected chi connectivity index (χ4v) is 3.01. The molecule has 2 aromatic rings. The van der Waals surface area contributed by atoms with E-state index in [1.54, 1.807) is 12.1 Å². The van der Waals surface area contributed by atoms with Crippen molar-refractivity contribution in [3.63, 3.8) is 0 Å². The average Bonchev–Trinajstić information content (AvgIpc) is 2.96. The van der Waals surface area contributed by atoms with Gasteiger partial charge in [-0.2, -0.15) is 8.42 Å². The molecule has 6 nitrogen and oxygen atoms in total. The number of imidazole rings is 1. The van der Waals surface area contributed by atoms with E-state index in [1.807, 2.05) is 33.0 Å². The molecule has 3 N–H and O–H groups in total. The van der Waals surface area contributed by atoms with Gasteiger partial charge in [0.05, 0.1) is 11.9 Å². The molecular weight excluding hydrogens is 288 g/mol. The first kappa shape index (κ1) is 15.5. The molecule has 0 aliphatic carbocycles. The van der Waals surface area contributed by atoms with E-state index in [9.17, 15) is 8.42 Å². The molecule has 0 amide bonds. The predicted molar refractivity (Wildman–Crippen MR) is 82.7 cm³/mol. The van der Waals surface area contributed by atoms with Gasteiger partial charge in [-0.1, -0.05) is 25.1 Å². The highest BCUT2D eigenvalue weighted by Crippen LogP contribution is 2.24. The Morgan fingerprint density at radius 3 is 2.67 bits per heavy atom. The number of H-pyrrole nitrogens is 1. The molecule has 0 radical (unpaired) electrons. The molecule has 1 aromatic heterocycles. The summed E-state index contributed by atoms with van der Waals surface area (Å²) in [5.41, 5.74) is 1.45. The Bertz CT molecular complexity index is 709. The summed E-state index contributed by atoms with van der Waals surface area (Å²) in [7, 11) is -1.83. The minimum Gasteiger partial charge on any atom is -0.332 e. The van der Waals surface area contributed by atoms with Crippen LogP contribution < -0.4 is 10.0 Å². The summed E-state index contributed by atoms with van der Waals surface area (Å²) >= 11 is 0. The predicted octanol–water partition coefficient (Wildman–Crippen LogP) is 2.05. The number of sulfonamides is 1. The maximum Gasteiger partial charge on any atom is 0.278 e. The highest BCUT2D eigenvalue weighted by Gasteiger charge is 2.19. The Labute approximate surface area is 125 Å². The van der Waals surface area contributed by atoms with E-state index >= 15 is 0 Å². The zero-order chi connectivity index (χ0) is 15.5. The van der Waals surface area contributed by atoms with Crippen LogP contribution in [0.4, 0.5) is 5.69 Å². The summed E-state index contributed by atoms with van der Waals surface area (Å²) in [6, 6.07) is 7.36. The number of nitrogens with one attached hydrogen (secondary N) is 3. The molecule has 0 aliphatic heterocycles. The molecule has 7 heteroatoms. The molecular formula is C14H20N4O2S. The van der Waals surface area contributed by atoms with Gasteiger partial charge in [-0.3, -0.25) is 4.72 Å². The van der Waals surface area contributed by atoms with Gasteiger partial charge in [-0.05, 0) is 25.6 Å². The maximum absolute atomic E-state index is 12.4. The number of rotatable bonds is 6. The van der Waals surface area contributed by atoms with Crippen LogP contribution in [0.15, 0.2) is 35.5 Å². The summed E-state index contributed by atoms with van der Waals surface area (Å²) in [6.45, 7) is 3.88. The topological polar surface area (TPSA) is 86.9 Å². The molecule has 0 saturated carbocycles. The van der Waals surface area contributed by atoms with Crippen molar-refractivity contribution in [2.45, 2.75) is 31.3 Å². The zero-order valence-electron chi connectivity index (χ0n) is 12.3. The fraction of sp³-hybridized carbons (Fsp3) is 0.357. The third-order valence-electron chi connectivity index (χ3n) is 3.33. The van der Waals surface area contributed by atoms with Crippen molar-refractivity contribution in [3.05, 3.63) is 41.9 Å². The van der Waals surface area contributed by atoms with Crippen LogP contribution in [0.3, 0.4) is 0 Å². The SMILES string of the molecule is CCc1ncc(S(=O)(=O)Nc2ccccc2C(C)NC)[nH]1. The van der Waals surface area contributed by atoms with Gasteiger partial charge in [0.1, 0.15) is 5.82 Å². The maximum atomic E-state index is 12.4. The molecule has 0 saturated heterocycles. The zero-order valence-corrected chi connectivity index (χ0v) is 13.2. The van der Waals surface area contributed by atoms with Gasteiger partial charge in [-0.15, -0.1) is 0 Å². The van der Waals surface area contributed by atoms with E-state index in [4.69, 9.17) is 0 Å². The van der Waals surface area contributed by atoms with Crippen molar-refractivity contribution in [2.75, 3.05) is 11.8 Å². The highest BCUT2D eigenvalue weighted by molar-refractivity contribution is 7.92. The number of aromatic nitrogens is 2. The minimum absolute atomic E-state index is 0.0388. The van der Waals surface area contributed by atoms with Crippen molar-refractivity contribution >= 4 is 15.7 Å². The molecule has 0 bridgehead atoms. The van der Waals surface area contributed by atoms with Crippen molar-refractivity contribution in [2.24, 2.45) is 0 Å². The largest absolute Gasteiger partial charge is 0.332 e. The van der Waals surface area contributed by atoms with Gasteiger partial charge >= 0.3 is 0 Å². The number of aromatic amines is 1. The number of para-hydroxylation sites is 1.